The van der Waals surface area contributed by atoms with Crippen LogP contribution in [0.2, 0.25) is 0 Å². The number of hydrogen-bond donors (Lipinski definition) is 1. The fourth-order valence-electron chi connectivity index (χ4n) is 1.98. The van der Waals surface area contributed by atoms with Crippen molar-refractivity contribution < 1.29 is 13.2 Å². The summed E-state index contributed by atoms with van der Waals surface area (Å²) in [6.45, 7) is 5.16. The van der Waals surface area contributed by atoms with Crippen LogP contribution in [0.5, 0.6) is 0 Å². The Kier molecular flexibility index (Phi) is 3.45. The zero-order valence-corrected chi connectivity index (χ0v) is 10.6. The van der Waals surface area contributed by atoms with E-state index in [1.54, 1.807) is 13.8 Å². The Bertz CT molecular complexity index is 392. The number of nitrogens with one attached hydrogen (secondary N) is 1. The van der Waals surface area contributed by atoms with Crippen LogP contribution >= 0.6 is 11.3 Å². The maximum absolute atomic E-state index is 12.8. The van der Waals surface area contributed by atoms with E-state index in [9.17, 15) is 13.2 Å². The molecule has 1 aliphatic rings. The number of alkyl halides is 3. The lowest BCUT2D eigenvalue weighted by Gasteiger charge is -2.07. The van der Waals surface area contributed by atoms with Gasteiger partial charge in [-0.1, -0.05) is 13.8 Å². The third-order valence-corrected chi connectivity index (χ3v) is 4.39. The molecule has 1 aliphatic heterocycles. The van der Waals surface area contributed by atoms with Crippen LogP contribution in [-0.4, -0.2) is 18.1 Å². The molecular weight excluding hydrogens is 249 g/mol. The largest absolute Gasteiger partial charge is 0.434 e. The predicted octanol–water partition coefficient (Wildman–Crippen LogP) is 3.36. The van der Waals surface area contributed by atoms with Crippen LogP contribution in [0.4, 0.5) is 13.2 Å². The van der Waals surface area contributed by atoms with Gasteiger partial charge in [-0.25, -0.2) is 4.98 Å². The van der Waals surface area contributed by atoms with E-state index in [0.29, 0.717) is 9.88 Å². The second-order valence-corrected chi connectivity index (χ2v) is 5.67. The van der Waals surface area contributed by atoms with Crippen molar-refractivity contribution in [3.63, 3.8) is 0 Å². The summed E-state index contributed by atoms with van der Waals surface area (Å²) in [5, 5.41) is 3.78. The van der Waals surface area contributed by atoms with Gasteiger partial charge < -0.3 is 5.32 Å². The van der Waals surface area contributed by atoms with E-state index in [1.165, 1.54) is 11.3 Å². The van der Waals surface area contributed by atoms with Gasteiger partial charge in [0.2, 0.25) is 0 Å². The van der Waals surface area contributed by atoms with Gasteiger partial charge in [-0.2, -0.15) is 13.2 Å². The maximum atomic E-state index is 12.8. The summed E-state index contributed by atoms with van der Waals surface area (Å²) in [5.74, 6) is 0.0147. The number of hydrogen-bond acceptors (Lipinski definition) is 3. The molecule has 1 aromatic heterocycles. The number of rotatable bonds is 2. The molecule has 0 bridgehead atoms. The monoisotopic (exact) mass is 264 g/mol. The Morgan fingerprint density at radius 1 is 1.41 bits per heavy atom. The van der Waals surface area contributed by atoms with Crippen molar-refractivity contribution in [3.05, 3.63) is 15.6 Å². The van der Waals surface area contributed by atoms with Gasteiger partial charge in [0.15, 0.2) is 5.69 Å². The second-order valence-electron chi connectivity index (χ2n) is 4.61. The van der Waals surface area contributed by atoms with Gasteiger partial charge >= 0.3 is 6.18 Å². The van der Waals surface area contributed by atoms with E-state index < -0.39 is 11.9 Å². The number of aromatic nitrogens is 1. The molecule has 0 spiro atoms. The molecule has 1 fully saturated rings. The standard InChI is InChI=1S/C11H15F3N2S/c1-6(2)8-9(11(12,13)14)16-10(17-8)7-3-4-15-5-7/h6-7,15H,3-5H2,1-2H3. The van der Waals surface area contributed by atoms with Crippen LogP contribution in [-0.2, 0) is 6.18 Å². The smallest absolute Gasteiger partial charge is 0.316 e. The van der Waals surface area contributed by atoms with Crippen LogP contribution in [0.25, 0.3) is 0 Å². The highest BCUT2D eigenvalue weighted by Crippen LogP contribution is 2.40. The minimum Gasteiger partial charge on any atom is -0.316 e. The van der Waals surface area contributed by atoms with Gasteiger partial charge in [-0.3, -0.25) is 0 Å². The molecule has 0 amide bonds. The van der Waals surface area contributed by atoms with Crippen molar-refractivity contribution in [2.75, 3.05) is 13.1 Å². The molecule has 0 aliphatic carbocycles. The Morgan fingerprint density at radius 2 is 2.12 bits per heavy atom. The van der Waals surface area contributed by atoms with E-state index in [0.717, 1.165) is 19.5 Å². The van der Waals surface area contributed by atoms with Crippen LogP contribution in [0, 0.1) is 0 Å². The lowest BCUT2D eigenvalue weighted by Crippen LogP contribution is -2.10. The normalized spacial score (nSPS) is 21.4. The zero-order valence-electron chi connectivity index (χ0n) is 9.77. The van der Waals surface area contributed by atoms with Crippen LogP contribution in [0.3, 0.4) is 0 Å². The highest BCUT2D eigenvalue weighted by molar-refractivity contribution is 7.12. The predicted molar refractivity (Wildman–Crippen MR) is 61.4 cm³/mol. The van der Waals surface area contributed by atoms with E-state index in [4.69, 9.17) is 0 Å². The molecule has 17 heavy (non-hydrogen) atoms. The quantitative estimate of drug-likeness (QED) is 0.886. The Morgan fingerprint density at radius 3 is 2.53 bits per heavy atom. The summed E-state index contributed by atoms with van der Waals surface area (Å²) in [6.07, 6.45) is -3.46. The Balaban J connectivity index is 2.37. The van der Waals surface area contributed by atoms with E-state index in [2.05, 4.69) is 10.3 Å². The summed E-state index contributed by atoms with van der Waals surface area (Å²) in [4.78, 5) is 4.20. The van der Waals surface area contributed by atoms with Crippen molar-refractivity contribution in [2.45, 2.75) is 38.3 Å². The fraction of sp³-hybridized carbons (Fsp3) is 0.727. The SMILES string of the molecule is CC(C)c1sc(C2CCNC2)nc1C(F)(F)F. The topological polar surface area (TPSA) is 24.9 Å². The van der Waals surface area contributed by atoms with Crippen LogP contribution in [0.15, 0.2) is 0 Å². The first-order chi connectivity index (χ1) is 7.89. The fourth-order valence-corrected chi connectivity index (χ4v) is 3.21. The van der Waals surface area contributed by atoms with E-state index in [1.807, 2.05) is 0 Å². The van der Waals surface area contributed by atoms with Crippen LogP contribution < -0.4 is 5.32 Å². The molecule has 1 aromatic rings. The molecule has 1 saturated heterocycles. The third-order valence-electron chi connectivity index (χ3n) is 2.87. The second kappa shape index (κ2) is 4.57. The summed E-state index contributed by atoms with van der Waals surface area (Å²) >= 11 is 1.22. The molecule has 96 valence electrons. The molecule has 0 saturated carbocycles. The summed E-state index contributed by atoms with van der Waals surface area (Å²) < 4.78 is 38.5. The minimum atomic E-state index is -4.33. The average Bonchev–Trinajstić information content (AvgIpc) is 2.85. The molecule has 0 radical (unpaired) electrons. The first kappa shape index (κ1) is 12.8. The summed E-state index contributed by atoms with van der Waals surface area (Å²) in [5.41, 5.74) is -0.681. The molecule has 1 atom stereocenters. The maximum Gasteiger partial charge on any atom is 0.434 e. The summed E-state index contributed by atoms with van der Waals surface area (Å²) in [7, 11) is 0. The van der Waals surface area contributed by atoms with Gasteiger partial charge in [-0.15, -0.1) is 11.3 Å². The highest BCUT2D eigenvalue weighted by Gasteiger charge is 2.39. The van der Waals surface area contributed by atoms with Gasteiger partial charge in [-0.05, 0) is 18.9 Å². The molecule has 1 unspecified atom stereocenters. The lowest BCUT2D eigenvalue weighted by atomic mass is 10.1. The molecule has 2 heterocycles. The minimum absolute atomic E-state index is 0.132. The van der Waals surface area contributed by atoms with Gasteiger partial charge in [0.1, 0.15) is 0 Å². The Hall–Kier alpha value is -0.620. The van der Waals surface area contributed by atoms with Crippen LogP contribution in [0.1, 0.15) is 47.7 Å². The van der Waals surface area contributed by atoms with Crippen molar-refractivity contribution >= 4 is 11.3 Å². The first-order valence-electron chi connectivity index (χ1n) is 5.68. The van der Waals surface area contributed by atoms with Crippen molar-refractivity contribution in [1.82, 2.24) is 10.3 Å². The van der Waals surface area contributed by atoms with Gasteiger partial charge in [0.05, 0.1) is 5.01 Å². The van der Waals surface area contributed by atoms with Crippen molar-refractivity contribution in [3.8, 4) is 0 Å². The summed E-state index contributed by atoms with van der Waals surface area (Å²) in [6, 6.07) is 0. The first-order valence-corrected chi connectivity index (χ1v) is 6.49. The third kappa shape index (κ3) is 2.63. The van der Waals surface area contributed by atoms with E-state index in [-0.39, 0.29) is 11.8 Å². The lowest BCUT2D eigenvalue weighted by molar-refractivity contribution is -0.141. The number of thiazole rings is 1. The number of halogens is 3. The molecular formula is C11H15F3N2S. The molecule has 2 rings (SSSR count). The van der Waals surface area contributed by atoms with Gasteiger partial charge in [0.25, 0.3) is 0 Å². The molecule has 1 N–H and O–H groups in total. The average molecular weight is 264 g/mol. The Labute approximate surface area is 102 Å². The number of nitrogens with zero attached hydrogens (tertiary/aromatic N) is 1. The molecule has 0 aromatic carbocycles. The zero-order chi connectivity index (χ0) is 12.6. The molecule has 2 nitrogen and oxygen atoms in total. The molecule has 6 heteroatoms. The van der Waals surface area contributed by atoms with Crippen molar-refractivity contribution in [1.29, 1.82) is 0 Å². The van der Waals surface area contributed by atoms with Crippen molar-refractivity contribution in [2.24, 2.45) is 0 Å². The van der Waals surface area contributed by atoms with E-state index >= 15 is 0 Å². The van der Waals surface area contributed by atoms with Gasteiger partial charge in [0, 0.05) is 17.3 Å². The highest BCUT2D eigenvalue weighted by atomic mass is 32.1.